The second-order valence-electron chi connectivity index (χ2n) is 9.33. The summed E-state index contributed by atoms with van der Waals surface area (Å²) in [5.74, 6) is 6.56. The molecule has 0 radical (unpaired) electrons. The quantitative estimate of drug-likeness (QED) is 0.371. The maximum absolute atomic E-state index is 5.98. The lowest BCUT2D eigenvalue weighted by Gasteiger charge is -2.46. The monoisotopic (exact) mass is 442 g/mol. The fraction of sp³-hybridized carbons (Fsp3) is 0.321. The average Bonchev–Trinajstić information content (AvgIpc) is 3.33. The molecule has 3 nitrogen and oxygen atoms in total. The van der Waals surface area contributed by atoms with E-state index in [2.05, 4.69) is 60.1 Å². The first kappa shape index (κ1) is 21.2. The Morgan fingerprint density at radius 3 is 2.41 bits per heavy atom. The zero-order valence-electron chi connectivity index (χ0n) is 18.8. The Labute approximate surface area is 196 Å². The summed E-state index contributed by atoms with van der Waals surface area (Å²) >= 11 is 5.98. The Bertz CT molecular complexity index is 1160. The number of aromatic nitrogens is 1. The van der Waals surface area contributed by atoms with E-state index in [4.69, 9.17) is 11.6 Å². The zero-order valence-corrected chi connectivity index (χ0v) is 19.6. The first-order chi connectivity index (χ1) is 15.5. The van der Waals surface area contributed by atoms with Gasteiger partial charge >= 0.3 is 0 Å². The molecule has 0 saturated carbocycles. The van der Waals surface area contributed by atoms with E-state index in [9.17, 15) is 0 Å². The maximum Gasteiger partial charge on any atom is 0.150 e. The van der Waals surface area contributed by atoms with Crippen LogP contribution in [0.2, 0.25) is 5.02 Å². The maximum atomic E-state index is 5.98. The number of quaternary nitrogens is 1. The Hall–Kier alpha value is -2.64. The van der Waals surface area contributed by atoms with Crippen LogP contribution in [0.5, 0.6) is 0 Å². The highest BCUT2D eigenvalue weighted by atomic mass is 35.5. The van der Waals surface area contributed by atoms with Gasteiger partial charge in [-0.25, -0.2) is 4.98 Å². The lowest BCUT2D eigenvalue weighted by molar-refractivity contribution is 0.0889. The van der Waals surface area contributed by atoms with E-state index in [1.165, 1.54) is 43.6 Å². The molecule has 1 saturated heterocycles. The number of rotatable bonds is 2. The number of pyridine rings is 1. The van der Waals surface area contributed by atoms with Crippen LogP contribution in [0.25, 0.3) is 11.1 Å². The minimum atomic E-state index is 0.588. The molecule has 5 rings (SSSR count). The largest absolute Gasteiger partial charge is 0.281 e. The number of fused-ring (bicyclic) bond motifs is 1. The molecule has 1 atom stereocenters. The second-order valence-corrected chi connectivity index (χ2v) is 9.77. The van der Waals surface area contributed by atoms with Gasteiger partial charge < -0.3 is 0 Å². The molecular formula is C28H29ClN3+. The number of aryl methyl sites for hydroxylation is 1. The summed E-state index contributed by atoms with van der Waals surface area (Å²) in [5.41, 5.74) is 6.88. The molecule has 1 fully saturated rings. The minimum absolute atomic E-state index is 0.588. The molecule has 0 bridgehead atoms. The molecule has 1 aromatic heterocycles. The molecule has 2 aliphatic heterocycles. The highest BCUT2D eigenvalue weighted by Crippen LogP contribution is 2.37. The summed E-state index contributed by atoms with van der Waals surface area (Å²) in [7, 11) is 4.72. The van der Waals surface area contributed by atoms with Crippen molar-refractivity contribution in [3.05, 3.63) is 82.6 Å². The van der Waals surface area contributed by atoms with Crippen molar-refractivity contribution in [2.75, 3.05) is 27.2 Å². The van der Waals surface area contributed by atoms with E-state index >= 15 is 0 Å². The first-order valence-corrected chi connectivity index (χ1v) is 11.8. The van der Waals surface area contributed by atoms with Crippen LogP contribution in [0.4, 0.5) is 5.69 Å². The van der Waals surface area contributed by atoms with Crippen molar-refractivity contribution in [1.82, 2.24) is 14.4 Å². The van der Waals surface area contributed by atoms with Crippen LogP contribution >= 0.6 is 11.6 Å². The van der Waals surface area contributed by atoms with Crippen molar-refractivity contribution in [2.24, 2.45) is 0 Å². The standard InChI is InChI=1S/C28H29ClN3/c1-32(2)27-15-6-21(19-23(27)10-16-28(32)31-17-3-4-18-31)5-13-26-14-9-24(20-30-26)22-7-11-25(29)12-8-22/h6-9,11-12,14-15,19-20,28H,3-4,10,16-18H2,1-2H3/q+1. The number of hydrogen-bond acceptors (Lipinski definition) is 2. The lowest BCUT2D eigenvalue weighted by Crippen LogP contribution is -2.60. The first-order valence-electron chi connectivity index (χ1n) is 11.5. The molecule has 4 heteroatoms. The highest BCUT2D eigenvalue weighted by Gasteiger charge is 2.41. The zero-order chi connectivity index (χ0) is 22.1. The van der Waals surface area contributed by atoms with Gasteiger partial charge in [0, 0.05) is 53.5 Å². The summed E-state index contributed by atoms with van der Waals surface area (Å²) in [6.45, 7) is 2.49. The molecule has 0 spiro atoms. The number of benzene rings is 2. The van der Waals surface area contributed by atoms with Crippen LogP contribution in [0.3, 0.4) is 0 Å². The highest BCUT2D eigenvalue weighted by molar-refractivity contribution is 6.30. The van der Waals surface area contributed by atoms with Crippen LogP contribution in [0.1, 0.15) is 36.1 Å². The van der Waals surface area contributed by atoms with Crippen molar-refractivity contribution in [2.45, 2.75) is 31.8 Å². The van der Waals surface area contributed by atoms with Crippen LogP contribution in [0.15, 0.2) is 60.8 Å². The Morgan fingerprint density at radius 1 is 0.938 bits per heavy atom. The normalized spacial score (nSPS) is 19.8. The van der Waals surface area contributed by atoms with Crippen LogP contribution < -0.4 is 4.48 Å². The number of halogens is 1. The topological polar surface area (TPSA) is 16.1 Å². The van der Waals surface area contributed by atoms with Gasteiger partial charge in [0.25, 0.3) is 0 Å². The van der Waals surface area contributed by atoms with E-state index in [0.717, 1.165) is 38.3 Å². The van der Waals surface area contributed by atoms with E-state index < -0.39 is 0 Å². The van der Waals surface area contributed by atoms with Crippen molar-refractivity contribution < 1.29 is 0 Å². The predicted molar refractivity (Wildman–Crippen MR) is 134 cm³/mol. The lowest BCUT2D eigenvalue weighted by atomic mass is 9.95. The fourth-order valence-electron chi connectivity index (χ4n) is 5.24. The summed E-state index contributed by atoms with van der Waals surface area (Å²) in [5, 5.41) is 0.739. The third-order valence-electron chi connectivity index (χ3n) is 6.96. The van der Waals surface area contributed by atoms with E-state index in [0.29, 0.717) is 6.17 Å². The summed E-state index contributed by atoms with van der Waals surface area (Å²) in [6, 6.07) is 18.6. The van der Waals surface area contributed by atoms with Crippen molar-refractivity contribution in [1.29, 1.82) is 0 Å². The Kier molecular flexibility index (Phi) is 5.78. The molecular weight excluding hydrogens is 414 g/mol. The van der Waals surface area contributed by atoms with Crippen molar-refractivity contribution >= 4 is 17.3 Å². The third kappa shape index (κ3) is 4.19. The molecule has 1 unspecified atom stereocenters. The molecule has 0 aliphatic carbocycles. The molecule has 2 aromatic carbocycles. The minimum Gasteiger partial charge on any atom is -0.281 e. The van der Waals surface area contributed by atoms with E-state index in [1.807, 2.05) is 36.5 Å². The van der Waals surface area contributed by atoms with Crippen LogP contribution in [-0.4, -0.2) is 43.2 Å². The molecule has 2 aliphatic rings. The molecule has 3 aromatic rings. The Morgan fingerprint density at radius 2 is 1.69 bits per heavy atom. The third-order valence-corrected chi connectivity index (χ3v) is 7.21. The fourth-order valence-corrected chi connectivity index (χ4v) is 5.37. The van der Waals surface area contributed by atoms with Gasteiger partial charge in [-0.05, 0) is 61.1 Å². The van der Waals surface area contributed by atoms with Gasteiger partial charge in [-0.2, -0.15) is 0 Å². The van der Waals surface area contributed by atoms with Gasteiger partial charge in [0.15, 0.2) is 0 Å². The van der Waals surface area contributed by atoms with Crippen molar-refractivity contribution in [3.8, 4) is 23.0 Å². The number of nitrogens with zero attached hydrogens (tertiary/aromatic N) is 3. The van der Waals surface area contributed by atoms with Gasteiger partial charge in [0.05, 0.1) is 14.1 Å². The van der Waals surface area contributed by atoms with Crippen molar-refractivity contribution in [3.63, 3.8) is 0 Å². The molecule has 3 heterocycles. The smallest absolute Gasteiger partial charge is 0.150 e. The van der Waals surface area contributed by atoms with Gasteiger partial charge in [-0.3, -0.25) is 9.38 Å². The summed E-state index contributed by atoms with van der Waals surface area (Å²) in [4.78, 5) is 7.23. The predicted octanol–water partition coefficient (Wildman–Crippen LogP) is 5.74. The molecule has 0 N–H and O–H groups in total. The molecule has 0 amide bonds. The van der Waals surface area contributed by atoms with E-state index in [1.54, 1.807) is 0 Å². The van der Waals surface area contributed by atoms with Gasteiger partial charge in [0.1, 0.15) is 17.5 Å². The van der Waals surface area contributed by atoms with Crippen LogP contribution in [-0.2, 0) is 6.42 Å². The van der Waals surface area contributed by atoms with Gasteiger partial charge in [0.2, 0.25) is 0 Å². The number of hydrogen-bond donors (Lipinski definition) is 0. The van der Waals surface area contributed by atoms with Gasteiger partial charge in [-0.1, -0.05) is 35.7 Å². The van der Waals surface area contributed by atoms with E-state index in [-0.39, 0.29) is 0 Å². The SMILES string of the molecule is C[N+]1(C)c2ccc(C#Cc3ccc(-c4ccc(Cl)cc4)cn3)cc2CCC1N1CCCC1. The second kappa shape index (κ2) is 8.71. The molecule has 162 valence electrons. The van der Waals surface area contributed by atoms with Crippen LogP contribution in [0, 0.1) is 11.8 Å². The Balaban J connectivity index is 1.34. The summed E-state index contributed by atoms with van der Waals surface area (Å²) < 4.78 is 0.941. The summed E-state index contributed by atoms with van der Waals surface area (Å²) in [6.07, 6.45) is 7.48. The van der Waals surface area contributed by atoms with Gasteiger partial charge in [-0.15, -0.1) is 0 Å². The number of likely N-dealkylation sites (tertiary alicyclic amines) is 1. The molecule has 32 heavy (non-hydrogen) atoms. The average molecular weight is 443 g/mol.